The highest BCUT2D eigenvalue weighted by molar-refractivity contribution is 9.10. The summed E-state index contributed by atoms with van der Waals surface area (Å²) in [5.74, 6) is 0.187. The molecule has 0 amide bonds. The summed E-state index contributed by atoms with van der Waals surface area (Å²) in [6.45, 7) is 0.481. The van der Waals surface area contributed by atoms with Crippen molar-refractivity contribution >= 4 is 38.4 Å². The van der Waals surface area contributed by atoms with Gasteiger partial charge in [-0.3, -0.25) is 0 Å². The minimum atomic E-state index is -3.63. The Labute approximate surface area is 139 Å². The van der Waals surface area contributed by atoms with Gasteiger partial charge in [-0.05, 0) is 43.5 Å². The lowest BCUT2D eigenvalue weighted by Crippen LogP contribution is -2.39. The minimum absolute atomic E-state index is 0. The molecule has 5 nitrogen and oxygen atoms in total. The molecule has 2 rings (SSSR count). The van der Waals surface area contributed by atoms with E-state index in [2.05, 4.69) is 20.7 Å². The number of rotatable bonds is 4. The van der Waals surface area contributed by atoms with Crippen LogP contribution in [0.2, 0.25) is 0 Å². The van der Waals surface area contributed by atoms with Crippen LogP contribution in [0.15, 0.2) is 27.6 Å². The van der Waals surface area contributed by atoms with Crippen LogP contribution >= 0.6 is 28.3 Å². The van der Waals surface area contributed by atoms with Gasteiger partial charge < -0.3 is 5.73 Å². The zero-order chi connectivity index (χ0) is 14.8. The second-order valence-electron chi connectivity index (χ2n) is 4.94. The Morgan fingerprint density at radius 2 is 2.10 bits per heavy atom. The summed E-state index contributed by atoms with van der Waals surface area (Å²) in [7, 11) is -3.63. The van der Waals surface area contributed by atoms with Crippen molar-refractivity contribution in [2.45, 2.75) is 30.2 Å². The maximum atomic E-state index is 12.4. The van der Waals surface area contributed by atoms with E-state index in [0.29, 0.717) is 16.6 Å². The molecular weight excluding hydrogens is 378 g/mol. The highest BCUT2D eigenvalue weighted by Crippen LogP contribution is 2.27. The van der Waals surface area contributed by atoms with Gasteiger partial charge in [-0.1, -0.05) is 22.4 Å². The summed E-state index contributed by atoms with van der Waals surface area (Å²) in [4.78, 5) is 0.103. The first-order chi connectivity index (χ1) is 9.46. The van der Waals surface area contributed by atoms with Crippen molar-refractivity contribution in [3.05, 3.63) is 28.2 Å². The van der Waals surface area contributed by atoms with Gasteiger partial charge in [0, 0.05) is 10.5 Å². The first kappa shape index (κ1) is 18.4. The average Bonchev–Trinajstić information content (AvgIpc) is 2.84. The summed E-state index contributed by atoms with van der Waals surface area (Å²) in [6, 6.07) is 6.29. The smallest absolute Gasteiger partial charge is 0.240 e. The van der Waals surface area contributed by atoms with Gasteiger partial charge in [0.25, 0.3) is 0 Å². The van der Waals surface area contributed by atoms with Gasteiger partial charge in [0.1, 0.15) is 0 Å². The van der Waals surface area contributed by atoms with Gasteiger partial charge in [0.2, 0.25) is 10.0 Å². The number of sulfonamides is 1. The molecule has 2 atom stereocenters. The molecule has 21 heavy (non-hydrogen) atoms. The maximum Gasteiger partial charge on any atom is 0.240 e. The number of nitriles is 1. The van der Waals surface area contributed by atoms with Crippen LogP contribution in [0.3, 0.4) is 0 Å². The predicted octanol–water partition coefficient (Wildman–Crippen LogP) is 2.15. The van der Waals surface area contributed by atoms with E-state index in [-0.39, 0.29) is 29.3 Å². The van der Waals surface area contributed by atoms with Crippen LogP contribution in [-0.2, 0) is 10.0 Å². The minimum Gasteiger partial charge on any atom is -0.330 e. The molecule has 1 aliphatic carbocycles. The second-order valence-corrected chi connectivity index (χ2v) is 7.57. The van der Waals surface area contributed by atoms with Gasteiger partial charge in [-0.15, -0.1) is 12.4 Å². The van der Waals surface area contributed by atoms with E-state index in [4.69, 9.17) is 11.0 Å². The van der Waals surface area contributed by atoms with Crippen molar-refractivity contribution in [3.63, 3.8) is 0 Å². The third kappa shape index (κ3) is 4.41. The molecular formula is C13H17BrClN3O2S. The third-order valence-corrected chi connectivity index (χ3v) is 5.51. The summed E-state index contributed by atoms with van der Waals surface area (Å²) in [6.07, 6.45) is 2.74. The first-order valence-corrected chi connectivity index (χ1v) is 8.67. The molecule has 8 heteroatoms. The van der Waals surface area contributed by atoms with Crippen molar-refractivity contribution in [2.24, 2.45) is 11.7 Å². The number of nitrogens with two attached hydrogens (primary N) is 1. The molecule has 0 aliphatic heterocycles. The number of hydrogen-bond donors (Lipinski definition) is 2. The average molecular weight is 395 g/mol. The van der Waals surface area contributed by atoms with Crippen LogP contribution in [-0.4, -0.2) is 21.0 Å². The van der Waals surface area contributed by atoms with Crippen LogP contribution < -0.4 is 10.5 Å². The van der Waals surface area contributed by atoms with Crippen LogP contribution in [0.4, 0.5) is 0 Å². The van der Waals surface area contributed by atoms with Gasteiger partial charge in [-0.2, -0.15) is 5.26 Å². The Bertz CT molecular complexity index is 645. The maximum absolute atomic E-state index is 12.4. The Balaban J connectivity index is 0.00000220. The van der Waals surface area contributed by atoms with Crippen LogP contribution in [0.5, 0.6) is 0 Å². The molecule has 0 heterocycles. The lowest BCUT2D eigenvalue weighted by Gasteiger charge is -2.19. The highest BCUT2D eigenvalue weighted by Gasteiger charge is 2.30. The van der Waals surface area contributed by atoms with Crippen molar-refractivity contribution < 1.29 is 8.42 Å². The van der Waals surface area contributed by atoms with Gasteiger partial charge in [0.15, 0.2) is 0 Å². The second kappa shape index (κ2) is 7.56. The highest BCUT2D eigenvalue weighted by atomic mass is 79.9. The third-order valence-electron chi connectivity index (χ3n) is 3.58. The van der Waals surface area contributed by atoms with E-state index >= 15 is 0 Å². The van der Waals surface area contributed by atoms with E-state index in [1.165, 1.54) is 12.1 Å². The van der Waals surface area contributed by atoms with E-state index in [9.17, 15) is 8.42 Å². The fourth-order valence-corrected chi connectivity index (χ4v) is 4.58. The van der Waals surface area contributed by atoms with Crippen molar-refractivity contribution in [3.8, 4) is 6.07 Å². The molecule has 0 saturated heterocycles. The molecule has 1 aromatic rings. The number of benzene rings is 1. The summed E-state index contributed by atoms with van der Waals surface area (Å²) in [5, 5.41) is 8.91. The summed E-state index contributed by atoms with van der Waals surface area (Å²) < 4.78 is 28.1. The molecule has 0 bridgehead atoms. The quantitative estimate of drug-likeness (QED) is 0.818. The van der Waals surface area contributed by atoms with E-state index in [1.807, 2.05) is 6.07 Å². The standard InChI is InChI=1S/C13H16BrN3O2S.ClH/c14-11-4-9(7-15)5-12(6-11)20(18,19)17-13-3-1-2-10(13)8-16;/h4-6,10,13,17H,1-3,8,16H2;1H. The lowest BCUT2D eigenvalue weighted by atomic mass is 10.1. The first-order valence-electron chi connectivity index (χ1n) is 6.39. The zero-order valence-corrected chi connectivity index (χ0v) is 14.5. The zero-order valence-electron chi connectivity index (χ0n) is 11.3. The normalized spacial score (nSPS) is 21.6. The Kier molecular flexibility index (Phi) is 6.63. The van der Waals surface area contributed by atoms with Crippen molar-refractivity contribution in [1.82, 2.24) is 4.72 Å². The van der Waals surface area contributed by atoms with E-state index < -0.39 is 10.0 Å². The SMILES string of the molecule is Cl.N#Cc1cc(Br)cc(S(=O)(=O)NC2CCCC2CN)c1. The molecule has 1 aliphatic rings. The van der Waals surface area contributed by atoms with Gasteiger partial charge in [-0.25, -0.2) is 13.1 Å². The van der Waals surface area contributed by atoms with Crippen LogP contribution in [0, 0.1) is 17.2 Å². The Morgan fingerprint density at radius 3 is 2.71 bits per heavy atom. The van der Waals surface area contributed by atoms with Gasteiger partial charge >= 0.3 is 0 Å². The summed E-state index contributed by atoms with van der Waals surface area (Å²) in [5.41, 5.74) is 5.97. The lowest BCUT2D eigenvalue weighted by molar-refractivity contribution is 0.453. The molecule has 3 N–H and O–H groups in total. The van der Waals surface area contributed by atoms with Crippen LogP contribution in [0.25, 0.3) is 0 Å². The molecule has 116 valence electrons. The number of nitrogens with one attached hydrogen (secondary N) is 1. The molecule has 2 unspecified atom stereocenters. The Hall–Kier alpha value is -0.650. The molecule has 0 spiro atoms. The molecule has 0 aromatic heterocycles. The fourth-order valence-electron chi connectivity index (χ4n) is 2.52. The predicted molar refractivity (Wildman–Crippen MR) is 86.6 cm³/mol. The fraction of sp³-hybridized carbons (Fsp3) is 0.462. The monoisotopic (exact) mass is 393 g/mol. The van der Waals surface area contributed by atoms with E-state index in [1.54, 1.807) is 6.07 Å². The topological polar surface area (TPSA) is 96.0 Å². The number of hydrogen-bond acceptors (Lipinski definition) is 4. The number of halogens is 2. The number of nitrogens with zero attached hydrogens (tertiary/aromatic N) is 1. The van der Waals surface area contributed by atoms with Crippen LogP contribution in [0.1, 0.15) is 24.8 Å². The molecule has 1 saturated carbocycles. The largest absolute Gasteiger partial charge is 0.330 e. The Morgan fingerprint density at radius 1 is 1.38 bits per heavy atom. The molecule has 1 aromatic carbocycles. The summed E-state index contributed by atoms with van der Waals surface area (Å²) >= 11 is 3.22. The van der Waals surface area contributed by atoms with Gasteiger partial charge in [0.05, 0.1) is 16.5 Å². The van der Waals surface area contributed by atoms with Crippen molar-refractivity contribution in [1.29, 1.82) is 5.26 Å². The van der Waals surface area contributed by atoms with E-state index in [0.717, 1.165) is 19.3 Å². The molecule has 1 fully saturated rings. The van der Waals surface area contributed by atoms with Crippen molar-refractivity contribution in [2.75, 3.05) is 6.54 Å². The molecule has 0 radical (unpaired) electrons.